The zero-order chi connectivity index (χ0) is 17.2. The Morgan fingerprint density at radius 3 is 2.08 bits per heavy atom. The van der Waals surface area contributed by atoms with Crippen LogP contribution in [-0.2, 0) is 0 Å². The van der Waals surface area contributed by atoms with Gasteiger partial charge in [-0.25, -0.2) is 4.79 Å². The fourth-order valence-electron chi connectivity index (χ4n) is 2.54. The van der Waals surface area contributed by atoms with Gasteiger partial charge in [0.25, 0.3) is 0 Å². The molecule has 144 valence electrons. The average molecular weight is 399 g/mol. The first kappa shape index (κ1) is 24.2. The van der Waals surface area contributed by atoms with Crippen molar-refractivity contribution in [2.45, 2.75) is 13.8 Å². The van der Waals surface area contributed by atoms with Crippen LogP contribution in [-0.4, -0.2) is 32.2 Å². The number of benzene rings is 2. The molecule has 0 aliphatic carbocycles. The molecule has 2 amide bonds. The lowest BCUT2D eigenvalue weighted by Crippen LogP contribution is -3.12. The van der Waals surface area contributed by atoms with Gasteiger partial charge < -0.3 is 40.3 Å². The molecule has 2 rings (SSSR count). The van der Waals surface area contributed by atoms with Crippen LogP contribution in [0.5, 0.6) is 0 Å². The second kappa shape index (κ2) is 13.4. The summed E-state index contributed by atoms with van der Waals surface area (Å²) in [5.41, 5.74) is 3.07. The molecule has 2 aromatic carbocycles. The summed E-state index contributed by atoms with van der Waals surface area (Å²) in [4.78, 5) is 13.4. The van der Waals surface area contributed by atoms with Crippen LogP contribution in [0.2, 0.25) is 0 Å². The Morgan fingerprint density at radius 2 is 1.50 bits per heavy atom. The van der Waals surface area contributed by atoms with E-state index in [0.717, 1.165) is 36.7 Å². The molecule has 0 aliphatic rings. The summed E-state index contributed by atoms with van der Waals surface area (Å²) in [6.45, 7) is 8.12. The summed E-state index contributed by atoms with van der Waals surface area (Å²) >= 11 is 0. The molecule has 26 heavy (non-hydrogen) atoms. The van der Waals surface area contributed by atoms with Crippen molar-refractivity contribution in [2.75, 3.05) is 31.5 Å². The summed E-state index contributed by atoms with van der Waals surface area (Å²) in [5, 5.41) is 7.88. The lowest BCUT2D eigenvalue weighted by molar-refractivity contribution is -0.895. The highest BCUT2D eigenvalue weighted by Crippen LogP contribution is 2.11. The molecule has 0 radical (unpaired) electrons. The van der Waals surface area contributed by atoms with Gasteiger partial charge in [-0.15, -0.1) is 0 Å². The summed E-state index contributed by atoms with van der Waals surface area (Å²) in [6, 6.07) is 17.9. The van der Waals surface area contributed by atoms with E-state index in [2.05, 4.69) is 41.9 Å². The van der Waals surface area contributed by atoms with E-state index in [1.54, 1.807) is 0 Å². The highest BCUT2D eigenvalue weighted by Gasteiger charge is 2.06. The fourth-order valence-corrected chi connectivity index (χ4v) is 2.54. The first-order valence-corrected chi connectivity index (χ1v) is 8.59. The van der Waals surface area contributed by atoms with Crippen molar-refractivity contribution in [3.63, 3.8) is 0 Å². The molecule has 5 nitrogen and oxygen atoms in total. The molecule has 0 aromatic heterocycles. The molecule has 5 N–H and O–H groups in total. The molecule has 0 atom stereocenters. The average Bonchev–Trinajstić information content (AvgIpc) is 2.61. The quantitative estimate of drug-likeness (QED) is 0.331. The van der Waals surface area contributed by atoms with E-state index in [1.165, 1.54) is 4.90 Å². The van der Waals surface area contributed by atoms with Gasteiger partial charge in [-0.3, -0.25) is 5.32 Å². The number of carbonyl (C=O) groups is 1. The maximum Gasteiger partial charge on any atom is 0.319 e. The molecular formula is C19H28Cl2N4O. The summed E-state index contributed by atoms with van der Waals surface area (Å²) in [7, 11) is 0. The van der Waals surface area contributed by atoms with E-state index < -0.39 is 0 Å². The second-order valence-electron chi connectivity index (χ2n) is 5.77. The van der Waals surface area contributed by atoms with Crippen LogP contribution in [0.25, 0.3) is 0 Å². The van der Waals surface area contributed by atoms with E-state index in [0.29, 0.717) is 6.54 Å². The van der Waals surface area contributed by atoms with Crippen LogP contribution in [0.4, 0.5) is 21.9 Å². The highest BCUT2D eigenvalue weighted by molar-refractivity contribution is 5.89. The Morgan fingerprint density at radius 1 is 0.923 bits per heavy atom. The third-order valence-electron chi connectivity index (χ3n) is 4.07. The third kappa shape index (κ3) is 8.54. The van der Waals surface area contributed by atoms with Crippen molar-refractivity contribution in [3.8, 4) is 0 Å². The normalized spacial score (nSPS) is 9.81. The van der Waals surface area contributed by atoms with Crippen LogP contribution < -0.4 is 45.7 Å². The molecule has 0 heterocycles. The highest BCUT2D eigenvalue weighted by atomic mass is 35.5. The monoisotopic (exact) mass is 398 g/mol. The van der Waals surface area contributed by atoms with Crippen LogP contribution in [0, 0.1) is 0 Å². The van der Waals surface area contributed by atoms with Gasteiger partial charge in [0, 0.05) is 17.8 Å². The standard InChI is InChI=1S/C19H26N4O.2ClH/c1-3-23(4-2)15-14-20-19(24)22-18-12-10-17(11-13-18)21-16-8-6-5-7-9-16;;/h5-13,21H,3-4,14-15H2,1-2H3,(H2,20,22,24);2*1H. The minimum Gasteiger partial charge on any atom is -1.00 e. The lowest BCUT2D eigenvalue weighted by atomic mass is 10.2. The number of nitrogens with two attached hydrogens (primary N) is 1. The van der Waals surface area contributed by atoms with Gasteiger partial charge in [0.05, 0.1) is 26.2 Å². The Kier molecular flexibility index (Phi) is 12.5. The molecule has 0 fully saturated rings. The van der Waals surface area contributed by atoms with Crippen LogP contribution in [0.1, 0.15) is 13.8 Å². The summed E-state index contributed by atoms with van der Waals surface area (Å²) in [6.07, 6.45) is 0. The number of carbonyl (C=O) groups excluding carboxylic acids is 1. The Balaban J connectivity index is 0.00000312. The lowest BCUT2D eigenvalue weighted by Gasteiger charge is -2.15. The predicted molar refractivity (Wildman–Crippen MR) is 98.1 cm³/mol. The van der Waals surface area contributed by atoms with Crippen LogP contribution >= 0.6 is 0 Å². The predicted octanol–water partition coefficient (Wildman–Crippen LogP) is -4.73. The van der Waals surface area contributed by atoms with Crippen molar-refractivity contribution in [3.05, 3.63) is 54.6 Å². The van der Waals surface area contributed by atoms with E-state index in [9.17, 15) is 4.79 Å². The molecule has 0 spiro atoms. The Labute approximate surface area is 168 Å². The Bertz CT molecular complexity index is 619. The molecule has 2 aromatic rings. The van der Waals surface area contributed by atoms with Crippen molar-refractivity contribution in [1.82, 2.24) is 5.32 Å². The van der Waals surface area contributed by atoms with Gasteiger partial charge >= 0.3 is 6.03 Å². The van der Waals surface area contributed by atoms with Crippen molar-refractivity contribution in [1.29, 1.82) is 0 Å². The minimum absolute atomic E-state index is 0. The van der Waals surface area contributed by atoms with Gasteiger partial charge in [-0.2, -0.15) is 0 Å². The van der Waals surface area contributed by atoms with Crippen molar-refractivity contribution in [2.24, 2.45) is 0 Å². The molecule has 0 saturated carbocycles. The molecule has 0 aliphatic heterocycles. The van der Waals surface area contributed by atoms with Gasteiger partial charge in [-0.1, -0.05) is 18.2 Å². The zero-order valence-electron chi connectivity index (χ0n) is 15.3. The number of likely N-dealkylation sites (N-methyl/N-ethyl adjacent to an activating group) is 1. The maximum atomic E-state index is 11.9. The van der Waals surface area contributed by atoms with Crippen LogP contribution in [0.3, 0.4) is 0 Å². The number of hydrogen-bond acceptors (Lipinski definition) is 1. The Hall–Kier alpha value is -1.79. The SMILES string of the molecule is CC[NH+](CC)CCNC(=O)Nc1ccc([NH2+]c2ccccc2)cc1.[Cl-].[Cl-]. The van der Waals surface area contributed by atoms with Crippen molar-refractivity contribution < 1.29 is 39.8 Å². The first-order chi connectivity index (χ1) is 11.7. The second-order valence-corrected chi connectivity index (χ2v) is 5.77. The van der Waals surface area contributed by atoms with E-state index in [-0.39, 0.29) is 30.8 Å². The molecule has 0 unspecified atom stereocenters. The number of nitrogens with one attached hydrogen (secondary N) is 3. The fraction of sp³-hybridized carbons (Fsp3) is 0.316. The number of para-hydroxylation sites is 1. The largest absolute Gasteiger partial charge is 1.00 e. The minimum atomic E-state index is -0.152. The third-order valence-corrected chi connectivity index (χ3v) is 4.07. The van der Waals surface area contributed by atoms with Crippen molar-refractivity contribution >= 4 is 23.1 Å². The van der Waals surface area contributed by atoms with E-state index in [1.807, 2.05) is 42.5 Å². The number of quaternary nitrogens is 2. The van der Waals surface area contributed by atoms with Gasteiger partial charge in [0.1, 0.15) is 11.4 Å². The van der Waals surface area contributed by atoms with Gasteiger partial charge in [0.2, 0.25) is 0 Å². The number of hydrogen-bond donors (Lipinski definition) is 4. The number of urea groups is 1. The number of amides is 2. The van der Waals surface area contributed by atoms with E-state index in [4.69, 9.17) is 0 Å². The van der Waals surface area contributed by atoms with E-state index >= 15 is 0 Å². The summed E-state index contributed by atoms with van der Waals surface area (Å²) < 4.78 is 0. The van der Waals surface area contributed by atoms with Crippen LogP contribution in [0.15, 0.2) is 54.6 Å². The molecule has 7 heteroatoms. The van der Waals surface area contributed by atoms with Gasteiger partial charge in [-0.05, 0) is 38.1 Å². The topological polar surface area (TPSA) is 62.2 Å². The molecule has 0 bridgehead atoms. The summed E-state index contributed by atoms with van der Waals surface area (Å²) in [5.74, 6) is 0. The zero-order valence-corrected chi connectivity index (χ0v) is 16.8. The number of anilines is 1. The first-order valence-electron chi connectivity index (χ1n) is 8.59. The number of rotatable bonds is 8. The maximum absolute atomic E-state index is 11.9. The number of halogens is 2. The molecular weight excluding hydrogens is 371 g/mol. The van der Waals surface area contributed by atoms with Gasteiger partial charge in [0.15, 0.2) is 0 Å². The molecule has 0 saturated heterocycles. The smallest absolute Gasteiger partial charge is 0.319 e.